The molecule has 28 heavy (non-hydrogen) atoms. The summed E-state index contributed by atoms with van der Waals surface area (Å²) in [5, 5.41) is 15.5. The van der Waals surface area contributed by atoms with Crippen molar-refractivity contribution in [2.45, 2.75) is 13.5 Å². The van der Waals surface area contributed by atoms with Crippen LogP contribution in [0.1, 0.15) is 21.7 Å². The molecule has 1 aliphatic rings. The van der Waals surface area contributed by atoms with Gasteiger partial charge in [-0.25, -0.2) is 14.8 Å². The quantitative estimate of drug-likeness (QED) is 0.598. The Morgan fingerprint density at radius 1 is 1.07 bits per heavy atom. The molecule has 0 fully saturated rings. The molecule has 0 aliphatic carbocycles. The van der Waals surface area contributed by atoms with Gasteiger partial charge < -0.3 is 25.2 Å². The molecule has 8 heteroatoms. The fourth-order valence-corrected chi connectivity index (χ4v) is 2.84. The van der Waals surface area contributed by atoms with E-state index in [4.69, 9.17) is 14.6 Å². The molecule has 2 heterocycles. The normalized spacial score (nSPS) is 11.9. The summed E-state index contributed by atoms with van der Waals surface area (Å²) < 4.78 is 10.7. The first-order valence-corrected chi connectivity index (χ1v) is 8.65. The zero-order valence-corrected chi connectivity index (χ0v) is 15.1. The molecule has 4 rings (SSSR count). The fourth-order valence-electron chi connectivity index (χ4n) is 2.84. The molecule has 3 aromatic rings. The van der Waals surface area contributed by atoms with Crippen molar-refractivity contribution >= 4 is 23.3 Å². The molecule has 1 aromatic heterocycles. The number of hydrogen-bond acceptors (Lipinski definition) is 7. The van der Waals surface area contributed by atoms with Crippen molar-refractivity contribution in [2.75, 3.05) is 17.4 Å². The number of carboxylic acid groups (broad SMARTS) is 1. The molecule has 0 saturated heterocycles. The van der Waals surface area contributed by atoms with Crippen molar-refractivity contribution in [1.82, 2.24) is 9.97 Å². The first-order valence-electron chi connectivity index (χ1n) is 8.65. The van der Waals surface area contributed by atoms with Crippen LogP contribution in [-0.4, -0.2) is 27.8 Å². The first kappa shape index (κ1) is 17.6. The Morgan fingerprint density at radius 3 is 2.75 bits per heavy atom. The molecule has 0 unspecified atom stereocenters. The Balaban J connectivity index is 1.48. The lowest BCUT2D eigenvalue weighted by atomic mass is 10.2. The van der Waals surface area contributed by atoms with Gasteiger partial charge in [0.05, 0.1) is 5.56 Å². The predicted molar refractivity (Wildman–Crippen MR) is 103 cm³/mol. The van der Waals surface area contributed by atoms with Crippen LogP contribution in [0.15, 0.2) is 48.5 Å². The van der Waals surface area contributed by atoms with E-state index >= 15 is 0 Å². The van der Waals surface area contributed by atoms with Crippen LogP contribution in [0, 0.1) is 6.92 Å². The van der Waals surface area contributed by atoms with Crippen molar-refractivity contribution < 1.29 is 19.4 Å². The minimum atomic E-state index is -0.978. The van der Waals surface area contributed by atoms with Gasteiger partial charge in [-0.3, -0.25) is 0 Å². The van der Waals surface area contributed by atoms with E-state index in [-0.39, 0.29) is 12.4 Å². The van der Waals surface area contributed by atoms with Crippen LogP contribution in [-0.2, 0) is 6.54 Å². The van der Waals surface area contributed by atoms with Crippen molar-refractivity contribution in [3.05, 3.63) is 65.5 Å². The third-order valence-corrected chi connectivity index (χ3v) is 4.13. The third-order valence-electron chi connectivity index (χ3n) is 4.13. The maximum Gasteiger partial charge on any atom is 0.335 e. The zero-order valence-electron chi connectivity index (χ0n) is 15.1. The molecule has 0 amide bonds. The van der Waals surface area contributed by atoms with Crippen molar-refractivity contribution in [2.24, 2.45) is 0 Å². The van der Waals surface area contributed by atoms with Crippen LogP contribution < -0.4 is 20.1 Å². The lowest BCUT2D eigenvalue weighted by Gasteiger charge is -2.11. The van der Waals surface area contributed by atoms with Gasteiger partial charge in [-0.15, -0.1) is 0 Å². The van der Waals surface area contributed by atoms with E-state index in [0.717, 1.165) is 17.1 Å². The van der Waals surface area contributed by atoms with Crippen molar-refractivity contribution in [3.8, 4) is 11.5 Å². The molecule has 0 saturated carbocycles. The van der Waals surface area contributed by atoms with Crippen LogP contribution in [0.25, 0.3) is 0 Å². The summed E-state index contributed by atoms with van der Waals surface area (Å²) in [6.07, 6.45) is 0. The second kappa shape index (κ2) is 7.43. The van der Waals surface area contributed by atoms with E-state index in [1.807, 2.05) is 18.2 Å². The highest BCUT2D eigenvalue weighted by molar-refractivity contribution is 5.89. The number of anilines is 3. The van der Waals surface area contributed by atoms with Crippen LogP contribution >= 0.6 is 0 Å². The Bertz CT molecular complexity index is 1040. The summed E-state index contributed by atoms with van der Waals surface area (Å²) in [5.41, 5.74) is 1.88. The van der Waals surface area contributed by atoms with E-state index < -0.39 is 5.97 Å². The van der Waals surface area contributed by atoms with E-state index in [2.05, 4.69) is 20.6 Å². The average Bonchev–Trinajstić information content (AvgIpc) is 3.14. The van der Waals surface area contributed by atoms with Crippen LogP contribution in [0.2, 0.25) is 0 Å². The molecule has 0 bridgehead atoms. The largest absolute Gasteiger partial charge is 0.478 e. The SMILES string of the molecule is Cc1nc(NCc2ccc3c(c2)OCO3)cc(Nc2cccc(C(=O)O)c2)n1. The summed E-state index contributed by atoms with van der Waals surface area (Å²) in [6, 6.07) is 14.1. The lowest BCUT2D eigenvalue weighted by Crippen LogP contribution is -2.05. The number of rotatable bonds is 6. The van der Waals surface area contributed by atoms with Gasteiger partial charge in [0.15, 0.2) is 11.5 Å². The van der Waals surface area contributed by atoms with Gasteiger partial charge in [0.25, 0.3) is 0 Å². The van der Waals surface area contributed by atoms with Gasteiger partial charge in [-0.05, 0) is 42.8 Å². The highest BCUT2D eigenvalue weighted by Crippen LogP contribution is 2.32. The van der Waals surface area contributed by atoms with E-state index in [9.17, 15) is 4.79 Å². The fraction of sp³-hybridized carbons (Fsp3) is 0.150. The maximum absolute atomic E-state index is 11.1. The number of nitrogens with zero attached hydrogens (tertiary/aromatic N) is 2. The average molecular weight is 378 g/mol. The number of carboxylic acids is 1. The smallest absolute Gasteiger partial charge is 0.335 e. The highest BCUT2D eigenvalue weighted by atomic mass is 16.7. The van der Waals surface area contributed by atoms with Crippen molar-refractivity contribution in [1.29, 1.82) is 0 Å². The van der Waals surface area contributed by atoms with Crippen molar-refractivity contribution in [3.63, 3.8) is 0 Å². The van der Waals surface area contributed by atoms with Gasteiger partial charge >= 0.3 is 5.97 Å². The highest BCUT2D eigenvalue weighted by Gasteiger charge is 2.13. The number of ether oxygens (including phenoxy) is 2. The Hall–Kier alpha value is -3.81. The molecule has 0 atom stereocenters. The predicted octanol–water partition coefficient (Wildman–Crippen LogP) is 3.57. The summed E-state index contributed by atoms with van der Waals surface area (Å²) in [4.78, 5) is 19.9. The minimum Gasteiger partial charge on any atom is -0.478 e. The Morgan fingerprint density at radius 2 is 1.89 bits per heavy atom. The molecule has 8 nitrogen and oxygen atoms in total. The molecule has 142 valence electrons. The van der Waals surface area contributed by atoms with Crippen LogP contribution in [0.3, 0.4) is 0 Å². The topological polar surface area (TPSA) is 106 Å². The molecule has 3 N–H and O–H groups in total. The molecule has 0 spiro atoms. The third kappa shape index (κ3) is 3.96. The zero-order chi connectivity index (χ0) is 19.5. The first-order chi connectivity index (χ1) is 13.6. The van der Waals surface area contributed by atoms with E-state index in [1.54, 1.807) is 31.2 Å². The standard InChI is InChI=1S/C20H18N4O4/c1-12-22-18(21-10-13-5-6-16-17(7-13)28-11-27-16)9-19(23-12)24-15-4-2-3-14(8-15)20(25)26/h2-9H,10-11H2,1H3,(H,25,26)(H2,21,22,23,24). The summed E-state index contributed by atoms with van der Waals surface area (Å²) in [6.45, 7) is 2.60. The number of aromatic carboxylic acids is 1. The number of fused-ring (bicyclic) bond motifs is 1. The maximum atomic E-state index is 11.1. The van der Waals surface area contributed by atoms with Gasteiger partial charge in [0.2, 0.25) is 6.79 Å². The van der Waals surface area contributed by atoms with Gasteiger partial charge in [-0.1, -0.05) is 12.1 Å². The lowest BCUT2D eigenvalue weighted by molar-refractivity contribution is 0.0697. The minimum absolute atomic E-state index is 0.205. The summed E-state index contributed by atoms with van der Waals surface area (Å²) in [5.74, 6) is 2.32. The molecule has 0 radical (unpaired) electrons. The number of hydrogen-bond donors (Lipinski definition) is 3. The van der Waals surface area contributed by atoms with Crippen LogP contribution in [0.4, 0.5) is 17.3 Å². The van der Waals surface area contributed by atoms with Crippen LogP contribution in [0.5, 0.6) is 11.5 Å². The van der Waals surface area contributed by atoms with Gasteiger partial charge in [-0.2, -0.15) is 0 Å². The number of benzene rings is 2. The second-order valence-corrected chi connectivity index (χ2v) is 6.24. The van der Waals surface area contributed by atoms with Gasteiger partial charge in [0.1, 0.15) is 17.5 Å². The molecule has 2 aromatic carbocycles. The molecule has 1 aliphatic heterocycles. The number of carbonyl (C=O) groups is 1. The van der Waals surface area contributed by atoms with E-state index in [0.29, 0.717) is 29.7 Å². The summed E-state index contributed by atoms with van der Waals surface area (Å²) >= 11 is 0. The Kier molecular flexibility index (Phi) is 4.67. The number of nitrogens with one attached hydrogen (secondary N) is 2. The van der Waals surface area contributed by atoms with Gasteiger partial charge in [0, 0.05) is 18.3 Å². The summed E-state index contributed by atoms with van der Waals surface area (Å²) in [7, 11) is 0. The van der Waals surface area contributed by atoms with E-state index in [1.165, 1.54) is 6.07 Å². The molecular formula is C20H18N4O4. The molecular weight excluding hydrogens is 360 g/mol. The monoisotopic (exact) mass is 378 g/mol. The number of aromatic nitrogens is 2. The Labute approximate surface area is 161 Å². The number of aryl methyl sites for hydroxylation is 1. The second-order valence-electron chi connectivity index (χ2n) is 6.24.